The normalized spacial score (nSPS) is 14.5. The van der Waals surface area contributed by atoms with Crippen LogP contribution in [0.25, 0.3) is 12.2 Å². The molecule has 1 aromatic heterocycles. The summed E-state index contributed by atoms with van der Waals surface area (Å²) in [6, 6.07) is 3.52. The Hall–Kier alpha value is -1.31. The third kappa shape index (κ3) is 1.11. The van der Waals surface area contributed by atoms with Gasteiger partial charge in [0.1, 0.15) is 0 Å². The van der Waals surface area contributed by atoms with Gasteiger partial charge in [0.05, 0.1) is 5.35 Å². The average molecular weight is 147 g/mol. The number of hydrogen-bond acceptors (Lipinski definition) is 2. The maximum atomic E-state index is 9.04. The Bertz CT molecular complexity index is 381. The van der Waals surface area contributed by atoms with Crippen molar-refractivity contribution < 1.29 is 5.11 Å². The van der Waals surface area contributed by atoms with E-state index in [1.165, 1.54) is 0 Å². The molecule has 0 radical (unpaired) electrons. The second-order valence-corrected chi connectivity index (χ2v) is 2.63. The number of rotatable bonds is 0. The molecule has 1 heterocycles. The first kappa shape index (κ1) is 6.40. The van der Waals surface area contributed by atoms with Gasteiger partial charge in [0.15, 0.2) is 0 Å². The fraction of sp³-hybridized carbons (Fsp3) is 0.222. The molecule has 0 saturated heterocycles. The van der Waals surface area contributed by atoms with Gasteiger partial charge in [-0.3, -0.25) is 0 Å². The number of hydrogen-bond donors (Lipinski definition) is 1. The number of aromatic nitrogens is 1. The van der Waals surface area contributed by atoms with Gasteiger partial charge in [0.25, 0.3) is 0 Å². The molecule has 0 aromatic carbocycles. The van der Waals surface area contributed by atoms with Crippen LogP contribution in [-0.2, 0) is 0 Å². The van der Waals surface area contributed by atoms with E-state index >= 15 is 0 Å². The van der Waals surface area contributed by atoms with Gasteiger partial charge in [-0.2, -0.15) is 0 Å². The van der Waals surface area contributed by atoms with Crippen molar-refractivity contribution in [3.05, 3.63) is 22.7 Å². The van der Waals surface area contributed by atoms with Gasteiger partial charge in [-0.1, -0.05) is 12.2 Å². The Balaban J connectivity index is 2.80. The molecular weight excluding hydrogens is 138 g/mol. The number of aromatic hydroxyl groups is 1. The SMILES string of the molecule is Oc1ccc2c(n1)=CCCC=2. The molecule has 2 nitrogen and oxygen atoms in total. The summed E-state index contributed by atoms with van der Waals surface area (Å²) in [6.45, 7) is 0. The molecular formula is C9H9NO. The molecule has 56 valence electrons. The van der Waals surface area contributed by atoms with Crippen LogP contribution in [0.4, 0.5) is 0 Å². The summed E-state index contributed by atoms with van der Waals surface area (Å²) in [5.74, 6) is 0.107. The predicted molar refractivity (Wildman–Crippen MR) is 43.3 cm³/mol. The third-order valence-corrected chi connectivity index (χ3v) is 1.81. The maximum Gasteiger partial charge on any atom is 0.211 e. The Morgan fingerprint density at radius 3 is 2.91 bits per heavy atom. The Morgan fingerprint density at radius 1 is 1.18 bits per heavy atom. The van der Waals surface area contributed by atoms with E-state index in [0.29, 0.717) is 0 Å². The summed E-state index contributed by atoms with van der Waals surface area (Å²) in [6.07, 6.45) is 6.31. The van der Waals surface area contributed by atoms with E-state index in [9.17, 15) is 0 Å². The van der Waals surface area contributed by atoms with Crippen molar-refractivity contribution in [2.24, 2.45) is 0 Å². The minimum absolute atomic E-state index is 0.107. The van der Waals surface area contributed by atoms with E-state index < -0.39 is 0 Å². The van der Waals surface area contributed by atoms with Crippen LogP contribution in [0.1, 0.15) is 12.8 Å². The second-order valence-electron chi connectivity index (χ2n) is 2.63. The van der Waals surface area contributed by atoms with Crippen LogP contribution in [0.15, 0.2) is 12.1 Å². The molecule has 0 bridgehead atoms. The van der Waals surface area contributed by atoms with Crippen LogP contribution in [-0.4, -0.2) is 10.1 Å². The monoisotopic (exact) mass is 147 g/mol. The molecule has 1 aliphatic carbocycles. The Morgan fingerprint density at radius 2 is 2.00 bits per heavy atom. The fourth-order valence-electron chi connectivity index (χ4n) is 1.27. The molecule has 1 aromatic rings. The van der Waals surface area contributed by atoms with Crippen LogP contribution < -0.4 is 10.6 Å². The van der Waals surface area contributed by atoms with Gasteiger partial charge in [0, 0.05) is 6.07 Å². The van der Waals surface area contributed by atoms with Gasteiger partial charge >= 0.3 is 0 Å². The zero-order valence-electron chi connectivity index (χ0n) is 6.12. The van der Waals surface area contributed by atoms with Crippen LogP contribution in [0.5, 0.6) is 5.88 Å². The van der Waals surface area contributed by atoms with E-state index in [1.807, 2.05) is 6.07 Å². The summed E-state index contributed by atoms with van der Waals surface area (Å²) in [4.78, 5) is 3.98. The second kappa shape index (κ2) is 2.38. The largest absolute Gasteiger partial charge is 0.493 e. The van der Waals surface area contributed by atoms with Crippen molar-refractivity contribution in [2.45, 2.75) is 12.8 Å². The Labute approximate surface area is 64.5 Å². The zero-order valence-corrected chi connectivity index (χ0v) is 6.12. The lowest BCUT2D eigenvalue weighted by Crippen LogP contribution is -2.29. The molecule has 11 heavy (non-hydrogen) atoms. The first-order chi connectivity index (χ1) is 5.36. The lowest BCUT2D eigenvalue weighted by atomic mass is 10.1. The molecule has 0 unspecified atom stereocenters. The Kier molecular flexibility index (Phi) is 1.39. The highest BCUT2D eigenvalue weighted by Crippen LogP contribution is 1.97. The standard InChI is InChI=1S/C9H9NO/c11-9-6-5-7-3-1-2-4-8(7)10-9/h3-6H,1-2H2,(H,10,11). The lowest BCUT2D eigenvalue weighted by Gasteiger charge is -1.98. The van der Waals surface area contributed by atoms with Crippen molar-refractivity contribution in [1.82, 2.24) is 4.98 Å². The van der Waals surface area contributed by atoms with Gasteiger partial charge in [0.2, 0.25) is 5.88 Å². The molecule has 0 atom stereocenters. The van der Waals surface area contributed by atoms with Gasteiger partial charge < -0.3 is 5.11 Å². The fourth-order valence-corrected chi connectivity index (χ4v) is 1.27. The van der Waals surface area contributed by atoms with E-state index in [-0.39, 0.29) is 5.88 Å². The molecule has 0 aliphatic heterocycles. The highest BCUT2D eigenvalue weighted by molar-refractivity contribution is 5.36. The molecule has 0 fully saturated rings. The molecule has 0 amide bonds. The van der Waals surface area contributed by atoms with Gasteiger partial charge in [-0.05, 0) is 24.1 Å². The van der Waals surface area contributed by atoms with E-state index in [4.69, 9.17) is 5.11 Å². The molecule has 2 heteroatoms. The molecule has 0 spiro atoms. The summed E-state index contributed by atoms with van der Waals surface area (Å²) in [5, 5.41) is 11.1. The predicted octanol–water partition coefficient (Wildman–Crippen LogP) is 0.142. The maximum absolute atomic E-state index is 9.04. The summed E-state index contributed by atoms with van der Waals surface area (Å²) < 4.78 is 0. The highest BCUT2D eigenvalue weighted by Gasteiger charge is 1.94. The van der Waals surface area contributed by atoms with Gasteiger partial charge in [-0.25, -0.2) is 4.98 Å². The van der Waals surface area contributed by atoms with Crippen LogP contribution in [0.2, 0.25) is 0 Å². The summed E-state index contributed by atoms with van der Waals surface area (Å²) in [5.41, 5.74) is 0. The lowest BCUT2D eigenvalue weighted by molar-refractivity contribution is 0.451. The minimum atomic E-state index is 0.107. The van der Waals surface area contributed by atoms with E-state index in [1.54, 1.807) is 6.07 Å². The van der Waals surface area contributed by atoms with Crippen LogP contribution in [0.3, 0.4) is 0 Å². The number of fused-ring (bicyclic) bond motifs is 1. The van der Waals surface area contributed by atoms with Crippen molar-refractivity contribution in [2.75, 3.05) is 0 Å². The van der Waals surface area contributed by atoms with Crippen LogP contribution >= 0.6 is 0 Å². The number of pyridine rings is 1. The van der Waals surface area contributed by atoms with E-state index in [2.05, 4.69) is 17.1 Å². The van der Waals surface area contributed by atoms with Crippen molar-refractivity contribution in [3.8, 4) is 5.88 Å². The number of nitrogens with zero attached hydrogens (tertiary/aromatic N) is 1. The van der Waals surface area contributed by atoms with Gasteiger partial charge in [-0.15, -0.1) is 0 Å². The summed E-state index contributed by atoms with van der Waals surface area (Å²) in [7, 11) is 0. The molecule has 1 N–H and O–H groups in total. The highest BCUT2D eigenvalue weighted by atomic mass is 16.3. The molecule has 1 aliphatic rings. The first-order valence-electron chi connectivity index (χ1n) is 3.73. The summed E-state index contributed by atoms with van der Waals surface area (Å²) >= 11 is 0. The van der Waals surface area contributed by atoms with Crippen molar-refractivity contribution >= 4 is 12.2 Å². The minimum Gasteiger partial charge on any atom is -0.493 e. The first-order valence-corrected chi connectivity index (χ1v) is 3.73. The molecule has 0 saturated carbocycles. The van der Waals surface area contributed by atoms with Crippen molar-refractivity contribution in [3.63, 3.8) is 0 Å². The zero-order chi connectivity index (χ0) is 7.68. The van der Waals surface area contributed by atoms with Crippen molar-refractivity contribution in [1.29, 1.82) is 0 Å². The molecule has 2 rings (SSSR count). The average Bonchev–Trinajstić information content (AvgIpc) is 2.04. The quantitative estimate of drug-likeness (QED) is 0.566. The third-order valence-electron chi connectivity index (χ3n) is 1.81. The topological polar surface area (TPSA) is 33.1 Å². The smallest absolute Gasteiger partial charge is 0.211 e. The van der Waals surface area contributed by atoms with Crippen LogP contribution in [0, 0.1) is 0 Å². The van der Waals surface area contributed by atoms with E-state index in [0.717, 1.165) is 23.4 Å².